The Labute approximate surface area is 190 Å². The first-order valence-corrected chi connectivity index (χ1v) is 11.1. The quantitative estimate of drug-likeness (QED) is 0.497. The number of nitrogens with zero attached hydrogens (tertiary/aromatic N) is 3. The molecule has 0 spiro atoms. The summed E-state index contributed by atoms with van der Waals surface area (Å²) in [5.41, 5.74) is 3.79. The van der Waals surface area contributed by atoms with Gasteiger partial charge in [0.2, 0.25) is 17.6 Å². The third kappa shape index (κ3) is 3.33. The number of allylic oxidation sites excluding steroid dienone is 1. The van der Waals surface area contributed by atoms with Gasteiger partial charge in [-0.15, -0.1) is 0 Å². The molecule has 164 valence electrons. The highest BCUT2D eigenvalue weighted by molar-refractivity contribution is 5.62. The molecule has 33 heavy (non-hydrogen) atoms. The number of rotatable bonds is 3. The average Bonchev–Trinajstić information content (AvgIpc) is 3.29. The van der Waals surface area contributed by atoms with Crippen molar-refractivity contribution < 1.29 is 9.52 Å². The molecule has 0 saturated carbocycles. The first-order valence-electron chi connectivity index (χ1n) is 11.1. The maximum atomic E-state index is 12.8. The number of nitrogens with one attached hydrogen (secondary N) is 1. The predicted molar refractivity (Wildman–Crippen MR) is 125 cm³/mol. The molecule has 7 nitrogen and oxygen atoms in total. The fourth-order valence-electron chi connectivity index (χ4n) is 4.71. The number of hydrogen-bond acceptors (Lipinski definition) is 6. The van der Waals surface area contributed by atoms with Crippen LogP contribution in [-0.4, -0.2) is 26.6 Å². The Morgan fingerprint density at radius 3 is 2.70 bits per heavy atom. The zero-order valence-electron chi connectivity index (χ0n) is 17.9. The lowest BCUT2D eigenvalue weighted by Crippen LogP contribution is -2.38. The number of aromatic nitrogens is 3. The number of H-pyrrole nitrogens is 1. The van der Waals surface area contributed by atoms with E-state index in [1.54, 1.807) is 0 Å². The lowest BCUT2D eigenvalue weighted by atomic mass is 9.88. The molecule has 1 aliphatic carbocycles. The zero-order chi connectivity index (χ0) is 22.4. The Bertz CT molecular complexity index is 1420. The predicted octanol–water partition coefficient (Wildman–Crippen LogP) is 4.24. The number of aromatic hydroxyl groups is 1. The van der Waals surface area contributed by atoms with Crippen LogP contribution in [0.25, 0.3) is 17.7 Å². The number of benzene rings is 2. The fourth-order valence-corrected chi connectivity index (χ4v) is 4.71. The minimum atomic E-state index is -0.618. The molecule has 1 unspecified atom stereocenters. The van der Waals surface area contributed by atoms with E-state index in [2.05, 4.69) is 44.1 Å². The van der Waals surface area contributed by atoms with Gasteiger partial charge >= 0.3 is 0 Å². The maximum Gasteiger partial charge on any atom is 0.295 e. The van der Waals surface area contributed by atoms with E-state index >= 15 is 0 Å². The van der Waals surface area contributed by atoms with Gasteiger partial charge in [-0.3, -0.25) is 9.78 Å². The molecule has 7 heteroatoms. The van der Waals surface area contributed by atoms with Crippen LogP contribution in [0.3, 0.4) is 0 Å². The molecule has 0 radical (unpaired) electrons. The van der Waals surface area contributed by atoms with Crippen LogP contribution in [0.1, 0.15) is 40.6 Å². The molecule has 1 aliphatic heterocycles. The largest absolute Gasteiger partial charge is 0.501 e. The Morgan fingerprint density at radius 2 is 1.85 bits per heavy atom. The summed E-state index contributed by atoms with van der Waals surface area (Å²) in [6.45, 7) is 0.661. The third-order valence-corrected chi connectivity index (χ3v) is 6.30. The van der Waals surface area contributed by atoms with Crippen molar-refractivity contribution in [2.45, 2.75) is 25.3 Å². The first kappa shape index (κ1) is 19.5. The Morgan fingerprint density at radius 1 is 1.03 bits per heavy atom. The number of anilines is 1. The third-order valence-electron chi connectivity index (χ3n) is 6.30. The average molecular weight is 438 g/mol. The van der Waals surface area contributed by atoms with Crippen LogP contribution in [0.15, 0.2) is 69.9 Å². The summed E-state index contributed by atoms with van der Waals surface area (Å²) in [4.78, 5) is 26.8. The molecule has 2 N–H and O–H groups in total. The van der Waals surface area contributed by atoms with Gasteiger partial charge in [0.05, 0.1) is 11.7 Å². The monoisotopic (exact) mass is 438 g/mol. The van der Waals surface area contributed by atoms with Crippen molar-refractivity contribution in [2.75, 3.05) is 11.4 Å². The SMILES string of the molecule is O=c1[nH]c(N2CCc3ccccc3C2c2ccccc2)nc(-c2nc3c(o2)C=CCC3)c1O. The van der Waals surface area contributed by atoms with Crippen molar-refractivity contribution in [1.29, 1.82) is 0 Å². The molecule has 1 atom stereocenters. The molecular formula is C26H22N4O3. The standard InChI is InChI=1S/C26H22N4O3/c31-23-21(25-27-19-12-6-7-13-20(19)33-25)28-26(29-24(23)32)30-15-14-16-8-4-5-11-18(16)22(30)17-9-2-1-3-10-17/h1-5,7-11,13,22,31H,6,12,14-15H2,(H,28,29,32). The molecule has 6 rings (SSSR count). The van der Waals surface area contributed by atoms with Gasteiger partial charge in [-0.25, -0.2) is 9.97 Å². The summed E-state index contributed by atoms with van der Waals surface area (Å²) in [7, 11) is 0. The summed E-state index contributed by atoms with van der Waals surface area (Å²) in [5, 5.41) is 10.5. The number of fused-ring (bicyclic) bond motifs is 2. The summed E-state index contributed by atoms with van der Waals surface area (Å²) in [6, 6.07) is 18.4. The van der Waals surface area contributed by atoms with E-state index in [0.29, 0.717) is 18.3 Å². The van der Waals surface area contributed by atoms with Gasteiger partial charge in [0, 0.05) is 6.54 Å². The van der Waals surface area contributed by atoms with E-state index in [-0.39, 0.29) is 17.6 Å². The number of oxazole rings is 1. The van der Waals surface area contributed by atoms with Crippen LogP contribution in [0.4, 0.5) is 5.95 Å². The van der Waals surface area contributed by atoms with Crippen molar-refractivity contribution >= 4 is 12.0 Å². The van der Waals surface area contributed by atoms with E-state index in [9.17, 15) is 9.90 Å². The molecule has 0 amide bonds. The summed E-state index contributed by atoms with van der Waals surface area (Å²) >= 11 is 0. The number of aryl methyl sites for hydroxylation is 1. The highest BCUT2D eigenvalue weighted by atomic mass is 16.4. The zero-order valence-corrected chi connectivity index (χ0v) is 17.9. The maximum absolute atomic E-state index is 12.8. The number of hydrogen-bond donors (Lipinski definition) is 2. The number of aromatic amines is 1. The lowest BCUT2D eigenvalue weighted by Gasteiger charge is -2.38. The second-order valence-corrected chi connectivity index (χ2v) is 8.31. The van der Waals surface area contributed by atoms with Gasteiger partial charge in [0.1, 0.15) is 0 Å². The Balaban J connectivity index is 1.49. The normalized spacial score (nSPS) is 17.0. The van der Waals surface area contributed by atoms with Crippen LogP contribution in [0.5, 0.6) is 5.75 Å². The van der Waals surface area contributed by atoms with Crippen LogP contribution in [0.2, 0.25) is 0 Å². The summed E-state index contributed by atoms with van der Waals surface area (Å²) in [6.07, 6.45) is 6.34. The van der Waals surface area contributed by atoms with Gasteiger partial charge in [-0.1, -0.05) is 60.7 Å². The van der Waals surface area contributed by atoms with Gasteiger partial charge in [0.15, 0.2) is 11.5 Å². The Hall–Kier alpha value is -4.13. The molecule has 2 aromatic heterocycles. The van der Waals surface area contributed by atoms with Gasteiger partial charge in [-0.2, -0.15) is 0 Å². The van der Waals surface area contributed by atoms with E-state index in [1.165, 1.54) is 11.1 Å². The topological polar surface area (TPSA) is 95.3 Å². The molecular weight excluding hydrogens is 416 g/mol. The fraction of sp³-hybridized carbons (Fsp3) is 0.192. The van der Waals surface area contributed by atoms with Crippen LogP contribution in [-0.2, 0) is 12.8 Å². The second-order valence-electron chi connectivity index (χ2n) is 8.31. The first-order chi connectivity index (χ1) is 16.2. The van der Waals surface area contributed by atoms with E-state index in [4.69, 9.17) is 4.42 Å². The minimum Gasteiger partial charge on any atom is -0.501 e. The van der Waals surface area contributed by atoms with E-state index in [1.807, 2.05) is 42.5 Å². The molecule has 2 aromatic carbocycles. The van der Waals surface area contributed by atoms with E-state index in [0.717, 1.165) is 30.5 Å². The van der Waals surface area contributed by atoms with Gasteiger partial charge in [0.25, 0.3) is 5.56 Å². The van der Waals surface area contributed by atoms with Crippen molar-refractivity contribution in [3.05, 3.63) is 99.2 Å². The molecule has 3 heterocycles. The second kappa shape index (κ2) is 7.78. The highest BCUT2D eigenvalue weighted by Gasteiger charge is 2.31. The van der Waals surface area contributed by atoms with Gasteiger partial charge < -0.3 is 14.4 Å². The Kier molecular flexibility index (Phi) is 4.61. The molecule has 4 aromatic rings. The van der Waals surface area contributed by atoms with Crippen LogP contribution in [0, 0.1) is 0 Å². The molecule has 0 saturated heterocycles. The van der Waals surface area contributed by atoms with Crippen LogP contribution >= 0.6 is 0 Å². The smallest absolute Gasteiger partial charge is 0.295 e. The molecule has 0 fully saturated rings. The van der Waals surface area contributed by atoms with Crippen molar-refractivity contribution in [1.82, 2.24) is 15.0 Å². The highest BCUT2D eigenvalue weighted by Crippen LogP contribution is 2.38. The van der Waals surface area contributed by atoms with Crippen molar-refractivity contribution in [3.63, 3.8) is 0 Å². The molecule has 2 aliphatic rings. The summed E-state index contributed by atoms with van der Waals surface area (Å²) < 4.78 is 5.85. The van der Waals surface area contributed by atoms with E-state index < -0.39 is 11.3 Å². The minimum absolute atomic E-state index is 0.0576. The van der Waals surface area contributed by atoms with Crippen LogP contribution < -0.4 is 10.5 Å². The van der Waals surface area contributed by atoms with Crippen molar-refractivity contribution in [3.8, 4) is 17.3 Å². The lowest BCUT2D eigenvalue weighted by molar-refractivity contribution is 0.459. The van der Waals surface area contributed by atoms with Crippen molar-refractivity contribution in [2.24, 2.45) is 0 Å². The molecule has 0 bridgehead atoms. The summed E-state index contributed by atoms with van der Waals surface area (Å²) in [5.74, 6) is 0.691. The van der Waals surface area contributed by atoms with Gasteiger partial charge in [-0.05, 0) is 42.0 Å².